The third kappa shape index (κ3) is 2.84. The Morgan fingerprint density at radius 3 is 2.56 bits per heavy atom. The van der Waals surface area contributed by atoms with E-state index >= 15 is 0 Å². The van der Waals surface area contributed by atoms with Gasteiger partial charge in [0.2, 0.25) is 5.91 Å². The Kier molecular flexibility index (Phi) is 4.09. The van der Waals surface area contributed by atoms with E-state index in [4.69, 9.17) is 23.2 Å². The fraction of sp³-hybridized carbons (Fsp3) is 0.222. The monoisotopic (exact) mass is 262 g/mol. The van der Waals surface area contributed by atoms with Crippen LogP contribution in [0, 0.1) is 10.1 Å². The van der Waals surface area contributed by atoms with Crippen LogP contribution in [0.1, 0.15) is 13.3 Å². The zero-order valence-electron chi connectivity index (χ0n) is 8.29. The van der Waals surface area contributed by atoms with Crippen molar-refractivity contribution in [3.05, 3.63) is 32.3 Å². The summed E-state index contributed by atoms with van der Waals surface area (Å²) >= 11 is 11.4. The van der Waals surface area contributed by atoms with Crippen molar-refractivity contribution >= 4 is 40.5 Å². The van der Waals surface area contributed by atoms with Crippen LogP contribution in [0.15, 0.2) is 12.1 Å². The van der Waals surface area contributed by atoms with E-state index in [0.29, 0.717) is 0 Å². The number of hydrogen-bond donors (Lipinski definition) is 1. The topological polar surface area (TPSA) is 72.2 Å². The van der Waals surface area contributed by atoms with Gasteiger partial charge in [0.05, 0.1) is 15.6 Å². The summed E-state index contributed by atoms with van der Waals surface area (Å²) in [6.07, 6.45) is 0.283. The number of halogens is 2. The first-order chi connectivity index (χ1) is 7.45. The van der Waals surface area contributed by atoms with Gasteiger partial charge in [-0.3, -0.25) is 14.9 Å². The molecule has 16 heavy (non-hydrogen) atoms. The van der Waals surface area contributed by atoms with Gasteiger partial charge >= 0.3 is 0 Å². The molecule has 0 heterocycles. The zero-order valence-corrected chi connectivity index (χ0v) is 9.80. The van der Waals surface area contributed by atoms with Crippen LogP contribution >= 0.6 is 23.2 Å². The molecule has 5 nitrogen and oxygen atoms in total. The molecule has 0 saturated carbocycles. The molecule has 7 heteroatoms. The molecule has 1 amide bonds. The van der Waals surface area contributed by atoms with Gasteiger partial charge in [0.15, 0.2) is 0 Å². The number of nitro groups is 1. The van der Waals surface area contributed by atoms with Crippen molar-refractivity contribution in [3.8, 4) is 0 Å². The van der Waals surface area contributed by atoms with Crippen molar-refractivity contribution in [1.82, 2.24) is 0 Å². The maximum atomic E-state index is 11.1. The molecule has 0 unspecified atom stereocenters. The van der Waals surface area contributed by atoms with E-state index in [-0.39, 0.29) is 33.7 Å². The molecule has 0 bridgehead atoms. The van der Waals surface area contributed by atoms with Gasteiger partial charge < -0.3 is 5.32 Å². The minimum Gasteiger partial charge on any atom is -0.325 e. The molecule has 1 aromatic carbocycles. The second-order valence-corrected chi connectivity index (χ2v) is 3.76. The first kappa shape index (κ1) is 12.7. The molecule has 0 aliphatic rings. The molecule has 1 N–H and O–H groups in total. The lowest BCUT2D eigenvalue weighted by molar-refractivity contribution is -0.384. The van der Waals surface area contributed by atoms with Crippen molar-refractivity contribution in [2.24, 2.45) is 0 Å². The van der Waals surface area contributed by atoms with E-state index in [0.717, 1.165) is 6.07 Å². The average Bonchev–Trinajstić information content (AvgIpc) is 2.22. The fourth-order valence-electron chi connectivity index (χ4n) is 1.01. The van der Waals surface area contributed by atoms with Crippen molar-refractivity contribution < 1.29 is 9.72 Å². The molecule has 0 atom stereocenters. The maximum Gasteiger partial charge on any atom is 0.289 e. The van der Waals surface area contributed by atoms with E-state index in [1.165, 1.54) is 6.07 Å². The first-order valence-corrected chi connectivity index (χ1v) is 5.14. The number of benzene rings is 1. The predicted octanol–water partition coefficient (Wildman–Crippen LogP) is 3.25. The smallest absolute Gasteiger partial charge is 0.289 e. The predicted molar refractivity (Wildman–Crippen MR) is 62.0 cm³/mol. The van der Waals surface area contributed by atoms with E-state index in [9.17, 15) is 14.9 Å². The lowest BCUT2D eigenvalue weighted by Gasteiger charge is -2.06. The maximum absolute atomic E-state index is 11.1. The summed E-state index contributed by atoms with van der Waals surface area (Å²) in [5.41, 5.74) is -0.0229. The highest BCUT2D eigenvalue weighted by Crippen LogP contribution is 2.33. The van der Waals surface area contributed by atoms with E-state index < -0.39 is 4.92 Å². The van der Waals surface area contributed by atoms with Gasteiger partial charge in [-0.15, -0.1) is 0 Å². The van der Waals surface area contributed by atoms with E-state index in [2.05, 4.69) is 5.32 Å². The van der Waals surface area contributed by atoms with Crippen molar-refractivity contribution in [1.29, 1.82) is 0 Å². The minimum absolute atomic E-state index is 0.0687. The summed E-state index contributed by atoms with van der Waals surface area (Å²) in [6, 6.07) is 2.37. The van der Waals surface area contributed by atoms with Crippen molar-refractivity contribution in [2.75, 3.05) is 5.32 Å². The molecule has 0 aliphatic carbocycles. The Hall–Kier alpha value is -1.33. The first-order valence-electron chi connectivity index (χ1n) is 4.39. The normalized spacial score (nSPS) is 9.94. The zero-order chi connectivity index (χ0) is 12.3. The summed E-state index contributed by atoms with van der Waals surface area (Å²) in [5.74, 6) is -0.244. The minimum atomic E-state index is -0.639. The summed E-state index contributed by atoms with van der Waals surface area (Å²) < 4.78 is 0. The SMILES string of the molecule is CCC(=O)Nc1cc(Cl)c([N+](=O)[O-])cc1Cl. The molecule has 0 radical (unpaired) electrons. The molecule has 0 fully saturated rings. The van der Waals surface area contributed by atoms with Crippen LogP contribution in [0.25, 0.3) is 0 Å². The third-order valence-electron chi connectivity index (χ3n) is 1.83. The summed E-state index contributed by atoms with van der Waals surface area (Å²) in [7, 11) is 0. The molecule has 0 saturated heterocycles. The number of hydrogen-bond acceptors (Lipinski definition) is 3. The Labute approximate surface area is 101 Å². The van der Waals surface area contributed by atoms with Crippen LogP contribution in [0.3, 0.4) is 0 Å². The van der Waals surface area contributed by atoms with Crippen LogP contribution in [0.2, 0.25) is 10.0 Å². The van der Waals surface area contributed by atoms with E-state index in [1.807, 2.05) is 0 Å². The van der Waals surface area contributed by atoms with E-state index in [1.54, 1.807) is 6.92 Å². The molecule has 0 aliphatic heterocycles. The van der Waals surface area contributed by atoms with Gasteiger partial charge in [-0.1, -0.05) is 30.1 Å². The molecule has 0 aromatic heterocycles. The number of nitrogens with one attached hydrogen (secondary N) is 1. The van der Waals surface area contributed by atoms with Crippen molar-refractivity contribution in [3.63, 3.8) is 0 Å². The molecule has 0 spiro atoms. The number of rotatable bonds is 3. The number of nitro benzene ring substituents is 1. The standard InChI is InChI=1S/C9H8Cl2N2O3/c1-2-9(14)12-7-3-6(11)8(13(15)16)4-5(7)10/h3-4H,2H2,1H3,(H,12,14). The summed E-state index contributed by atoms with van der Waals surface area (Å²) in [5, 5.41) is 13.0. The Morgan fingerprint density at radius 1 is 1.44 bits per heavy atom. The van der Waals surface area contributed by atoms with Crippen LogP contribution in [0.4, 0.5) is 11.4 Å². The average molecular weight is 263 g/mol. The van der Waals surface area contributed by atoms with Gasteiger partial charge in [0.1, 0.15) is 5.02 Å². The lowest BCUT2D eigenvalue weighted by Crippen LogP contribution is -2.10. The highest BCUT2D eigenvalue weighted by atomic mass is 35.5. The largest absolute Gasteiger partial charge is 0.325 e. The molecular formula is C9H8Cl2N2O3. The molecule has 1 rings (SSSR count). The van der Waals surface area contributed by atoms with Crippen molar-refractivity contribution in [2.45, 2.75) is 13.3 Å². The number of nitrogens with zero attached hydrogens (tertiary/aromatic N) is 1. The summed E-state index contributed by atoms with van der Waals surface area (Å²) in [4.78, 5) is 21.0. The third-order valence-corrected chi connectivity index (χ3v) is 2.44. The van der Waals surface area contributed by atoms with Crippen LogP contribution in [-0.4, -0.2) is 10.8 Å². The Bertz CT molecular complexity index is 449. The van der Waals surface area contributed by atoms with Gasteiger partial charge in [0, 0.05) is 12.5 Å². The summed E-state index contributed by atoms with van der Waals surface area (Å²) in [6.45, 7) is 1.68. The Balaban J connectivity index is 3.10. The van der Waals surface area contributed by atoms with Crippen LogP contribution < -0.4 is 5.32 Å². The fourth-order valence-corrected chi connectivity index (χ4v) is 1.45. The van der Waals surface area contributed by atoms with Gasteiger partial charge in [-0.2, -0.15) is 0 Å². The number of anilines is 1. The second kappa shape index (κ2) is 5.14. The van der Waals surface area contributed by atoms with Gasteiger partial charge in [-0.05, 0) is 6.07 Å². The highest BCUT2D eigenvalue weighted by molar-refractivity contribution is 6.37. The number of amides is 1. The second-order valence-electron chi connectivity index (χ2n) is 2.94. The number of carbonyl (C=O) groups excluding carboxylic acids is 1. The number of carbonyl (C=O) groups is 1. The molecular weight excluding hydrogens is 255 g/mol. The Morgan fingerprint density at radius 2 is 2.06 bits per heavy atom. The lowest BCUT2D eigenvalue weighted by atomic mass is 10.2. The molecule has 1 aromatic rings. The van der Waals surface area contributed by atoms with Crippen LogP contribution in [0.5, 0.6) is 0 Å². The quantitative estimate of drug-likeness (QED) is 0.672. The highest BCUT2D eigenvalue weighted by Gasteiger charge is 2.16. The van der Waals surface area contributed by atoms with Crippen LogP contribution in [-0.2, 0) is 4.79 Å². The van der Waals surface area contributed by atoms with Gasteiger partial charge in [0.25, 0.3) is 5.69 Å². The van der Waals surface area contributed by atoms with Gasteiger partial charge in [-0.25, -0.2) is 0 Å². The molecule has 86 valence electrons.